The van der Waals surface area contributed by atoms with Crippen LogP contribution in [0.5, 0.6) is 0 Å². The average molecular weight is 452 g/mol. The van der Waals surface area contributed by atoms with E-state index in [2.05, 4.69) is 5.32 Å². The molecule has 0 saturated heterocycles. The van der Waals surface area contributed by atoms with Crippen molar-refractivity contribution in [2.75, 3.05) is 5.75 Å². The number of carbonyl (C=O) groups is 1. The molecule has 0 saturated carbocycles. The van der Waals surface area contributed by atoms with Crippen LogP contribution in [0.4, 0.5) is 4.79 Å². The summed E-state index contributed by atoms with van der Waals surface area (Å²) >= 11 is 8.12. The molecule has 31 heavy (non-hydrogen) atoms. The summed E-state index contributed by atoms with van der Waals surface area (Å²) in [6, 6.07) is 18.4. The lowest BCUT2D eigenvalue weighted by atomic mass is 9.82. The highest BCUT2D eigenvalue weighted by atomic mass is 35.5. The molecule has 1 aliphatic heterocycles. The number of hydrogen-bond acceptors (Lipinski definition) is 5. The van der Waals surface area contributed by atoms with Crippen LogP contribution in [0.25, 0.3) is 5.57 Å². The zero-order chi connectivity index (χ0) is 22.6. The Hall–Kier alpha value is -2.93. The molecule has 5 nitrogen and oxygen atoms in total. The van der Waals surface area contributed by atoms with Crippen molar-refractivity contribution in [3.05, 3.63) is 70.3 Å². The molecule has 0 unspecified atom stereocenters. The molecule has 0 aliphatic carbocycles. The van der Waals surface area contributed by atoms with E-state index in [1.54, 1.807) is 38.6 Å². The van der Waals surface area contributed by atoms with Crippen molar-refractivity contribution in [3.8, 4) is 12.1 Å². The number of alkyl carbamates (subject to hydrolysis) is 1. The van der Waals surface area contributed by atoms with E-state index >= 15 is 0 Å². The van der Waals surface area contributed by atoms with E-state index in [9.17, 15) is 15.3 Å². The summed E-state index contributed by atoms with van der Waals surface area (Å²) in [5.41, 5.74) is 1.49. The number of hydrogen-bond donors (Lipinski definition) is 1. The number of carbonyl (C=O) groups excluding carboxylic acids is 1. The van der Waals surface area contributed by atoms with Gasteiger partial charge in [0.05, 0.1) is 6.04 Å². The number of nitrogens with zero attached hydrogens (tertiary/aromatic N) is 2. The number of nitriles is 2. The summed E-state index contributed by atoms with van der Waals surface area (Å²) < 4.78 is 5.49. The molecule has 0 spiro atoms. The van der Waals surface area contributed by atoms with Crippen LogP contribution in [-0.2, 0) is 4.74 Å². The Morgan fingerprint density at radius 2 is 1.81 bits per heavy atom. The van der Waals surface area contributed by atoms with Crippen molar-refractivity contribution in [1.29, 1.82) is 10.5 Å². The molecule has 0 radical (unpaired) electrons. The van der Waals surface area contributed by atoms with Gasteiger partial charge in [0.15, 0.2) is 0 Å². The van der Waals surface area contributed by atoms with E-state index in [-0.39, 0.29) is 11.5 Å². The zero-order valence-electron chi connectivity index (χ0n) is 17.5. The SMILES string of the molecule is CC(C)(C)OC(=O)N[C@@H](c1ccccc1Cl)[C@@H]1CSc2ccccc2C1=C(C#N)C#N. The number of amides is 1. The smallest absolute Gasteiger partial charge is 0.408 e. The number of allylic oxidation sites excluding steroid dienone is 1. The third-order valence-electron chi connectivity index (χ3n) is 4.77. The standard InChI is InChI=1S/C24H22ClN3O2S/c1-24(2,3)30-23(29)28-22(16-8-4-6-10-19(16)25)18-14-31-20-11-7-5-9-17(20)21(18)15(12-26)13-27/h4-11,18,22H,14H2,1-3H3,(H,28,29)/t18-,22+/m1/s1. The van der Waals surface area contributed by atoms with Crippen LogP contribution in [-0.4, -0.2) is 17.4 Å². The zero-order valence-corrected chi connectivity index (χ0v) is 19.1. The predicted octanol–water partition coefficient (Wildman–Crippen LogP) is 6.13. The second-order valence-electron chi connectivity index (χ2n) is 8.07. The first-order chi connectivity index (χ1) is 14.7. The summed E-state index contributed by atoms with van der Waals surface area (Å²) in [5, 5.41) is 22.8. The van der Waals surface area contributed by atoms with E-state index in [0.717, 1.165) is 10.5 Å². The molecule has 1 heterocycles. The summed E-state index contributed by atoms with van der Waals surface area (Å²) in [6.07, 6.45) is -0.587. The minimum Gasteiger partial charge on any atom is -0.444 e. The Balaban J connectivity index is 2.15. The molecule has 0 fully saturated rings. The largest absolute Gasteiger partial charge is 0.444 e. The molecule has 7 heteroatoms. The van der Waals surface area contributed by atoms with Gasteiger partial charge in [0.25, 0.3) is 0 Å². The Labute approximate surface area is 191 Å². The van der Waals surface area contributed by atoms with E-state index in [4.69, 9.17) is 16.3 Å². The van der Waals surface area contributed by atoms with Gasteiger partial charge >= 0.3 is 6.09 Å². The van der Waals surface area contributed by atoms with Gasteiger partial charge in [-0.25, -0.2) is 4.79 Å². The highest BCUT2D eigenvalue weighted by molar-refractivity contribution is 7.99. The average Bonchev–Trinajstić information content (AvgIpc) is 2.72. The van der Waals surface area contributed by atoms with Crippen LogP contribution in [0, 0.1) is 28.6 Å². The minimum atomic E-state index is -0.674. The van der Waals surface area contributed by atoms with Gasteiger partial charge < -0.3 is 10.1 Å². The number of fused-ring (bicyclic) bond motifs is 1. The molecular formula is C24H22ClN3O2S. The number of halogens is 1. The molecule has 1 aliphatic rings. The van der Waals surface area contributed by atoms with Crippen LogP contribution in [0.1, 0.15) is 37.9 Å². The molecule has 1 N–H and O–H groups in total. The van der Waals surface area contributed by atoms with Gasteiger partial charge in [0.2, 0.25) is 0 Å². The number of benzene rings is 2. The summed E-state index contributed by atoms with van der Waals surface area (Å²) in [7, 11) is 0. The quantitative estimate of drug-likeness (QED) is 0.567. The van der Waals surface area contributed by atoms with Gasteiger partial charge in [-0.3, -0.25) is 0 Å². The van der Waals surface area contributed by atoms with Crippen molar-refractivity contribution in [1.82, 2.24) is 5.32 Å². The first-order valence-electron chi connectivity index (χ1n) is 9.75. The van der Waals surface area contributed by atoms with Crippen molar-refractivity contribution < 1.29 is 9.53 Å². The third-order valence-corrected chi connectivity index (χ3v) is 6.31. The van der Waals surface area contributed by atoms with Crippen molar-refractivity contribution in [2.45, 2.75) is 37.3 Å². The van der Waals surface area contributed by atoms with Crippen molar-refractivity contribution >= 4 is 35.0 Å². The van der Waals surface area contributed by atoms with Crippen molar-refractivity contribution in [2.24, 2.45) is 5.92 Å². The number of ether oxygens (including phenoxy) is 1. The Kier molecular flexibility index (Phi) is 6.95. The normalized spacial score (nSPS) is 16.3. The summed E-state index contributed by atoms with van der Waals surface area (Å²) in [5.74, 6) is 0.201. The first kappa shape index (κ1) is 22.7. The number of thioether (sulfide) groups is 1. The lowest BCUT2D eigenvalue weighted by molar-refractivity contribution is 0.0495. The van der Waals surface area contributed by atoms with Crippen LogP contribution in [0.15, 0.2) is 59.0 Å². The highest BCUT2D eigenvalue weighted by Gasteiger charge is 2.36. The molecule has 2 atom stereocenters. The van der Waals surface area contributed by atoms with Gasteiger partial charge in [-0.2, -0.15) is 10.5 Å². The van der Waals surface area contributed by atoms with Crippen LogP contribution in [0.2, 0.25) is 5.02 Å². The third kappa shape index (κ3) is 5.22. The minimum absolute atomic E-state index is 0.0285. The number of rotatable bonds is 3. The molecule has 2 aromatic carbocycles. The summed E-state index contributed by atoms with van der Waals surface area (Å²) in [6.45, 7) is 5.37. The molecule has 1 amide bonds. The first-order valence-corrected chi connectivity index (χ1v) is 11.1. The van der Waals surface area contributed by atoms with Gasteiger partial charge in [-0.1, -0.05) is 48.0 Å². The summed E-state index contributed by atoms with van der Waals surface area (Å²) in [4.78, 5) is 13.7. The second-order valence-corrected chi connectivity index (χ2v) is 9.54. The highest BCUT2D eigenvalue weighted by Crippen LogP contribution is 2.47. The van der Waals surface area contributed by atoms with E-state index in [1.807, 2.05) is 54.6 Å². The van der Waals surface area contributed by atoms with E-state index in [1.165, 1.54) is 0 Å². The maximum atomic E-state index is 12.7. The fourth-order valence-corrected chi connectivity index (χ4v) is 5.04. The Morgan fingerprint density at radius 3 is 2.45 bits per heavy atom. The Morgan fingerprint density at radius 1 is 1.16 bits per heavy atom. The molecule has 158 valence electrons. The van der Waals surface area contributed by atoms with Gasteiger partial charge in [0.1, 0.15) is 23.3 Å². The van der Waals surface area contributed by atoms with Gasteiger partial charge in [-0.05, 0) is 49.6 Å². The lowest BCUT2D eigenvalue weighted by Crippen LogP contribution is -2.39. The lowest BCUT2D eigenvalue weighted by Gasteiger charge is -2.35. The predicted molar refractivity (Wildman–Crippen MR) is 122 cm³/mol. The van der Waals surface area contributed by atoms with E-state index < -0.39 is 17.7 Å². The maximum Gasteiger partial charge on any atom is 0.408 e. The molecule has 0 aromatic heterocycles. The van der Waals surface area contributed by atoms with Gasteiger partial charge in [0, 0.05) is 21.6 Å². The molecular weight excluding hydrogens is 430 g/mol. The monoisotopic (exact) mass is 451 g/mol. The van der Waals surface area contributed by atoms with Crippen LogP contribution in [0.3, 0.4) is 0 Å². The van der Waals surface area contributed by atoms with Gasteiger partial charge in [-0.15, -0.1) is 11.8 Å². The van der Waals surface area contributed by atoms with Crippen LogP contribution >= 0.6 is 23.4 Å². The molecule has 0 bridgehead atoms. The number of nitrogens with one attached hydrogen (secondary N) is 1. The van der Waals surface area contributed by atoms with E-state index in [0.29, 0.717) is 21.9 Å². The van der Waals surface area contributed by atoms with Crippen LogP contribution < -0.4 is 5.32 Å². The van der Waals surface area contributed by atoms with Crippen molar-refractivity contribution in [3.63, 3.8) is 0 Å². The Bertz CT molecular complexity index is 1090. The maximum absolute atomic E-state index is 12.7. The fourth-order valence-electron chi connectivity index (χ4n) is 3.56. The molecule has 2 aromatic rings. The fraction of sp³-hybridized carbons (Fsp3) is 0.292. The molecule has 3 rings (SSSR count). The second kappa shape index (κ2) is 9.47. The topological polar surface area (TPSA) is 85.9 Å².